The highest BCUT2D eigenvalue weighted by atomic mass is 16.3. The number of rotatable bonds is 3. The first-order valence-electron chi connectivity index (χ1n) is 5.17. The molecule has 82 valence electrons. The molecule has 1 aromatic rings. The number of β-amino-alcohol motifs (C(OH)–C–C–N with tert-alkyl or cyclic N) is 1. The number of nitrogens with two attached hydrogens (primary N) is 1. The number of hydrogen-bond donors (Lipinski definition) is 2. The second-order valence-electron chi connectivity index (χ2n) is 3.89. The molecule has 1 aliphatic heterocycles. The molecule has 2 rings (SSSR count). The molecule has 0 amide bonds. The van der Waals surface area contributed by atoms with Gasteiger partial charge in [0.1, 0.15) is 0 Å². The van der Waals surface area contributed by atoms with E-state index in [9.17, 15) is 5.11 Å². The zero-order valence-corrected chi connectivity index (χ0v) is 8.93. The summed E-state index contributed by atoms with van der Waals surface area (Å²) in [5.41, 5.74) is 7.91. The van der Waals surface area contributed by atoms with Crippen molar-refractivity contribution < 1.29 is 5.11 Å². The van der Waals surface area contributed by atoms with Crippen LogP contribution < -0.4 is 10.7 Å². The zero-order valence-electron chi connectivity index (χ0n) is 8.93. The number of nitrogens with zero attached hydrogens (tertiary/aromatic N) is 2. The fraction of sp³-hybridized carbons (Fsp3) is 0.455. The lowest BCUT2D eigenvalue weighted by Crippen LogP contribution is -2.42. The van der Waals surface area contributed by atoms with Gasteiger partial charge in [0.05, 0.1) is 11.8 Å². The molecule has 1 atom stereocenters. The standard InChI is InChI=1S/C11H17N3O/c1-13-11-5-3-2-4-9(11)7-14(13)8-10(15)6-12/h2-5,10,15H,6-8,12H2,1H3/t10-/m1/s1. The van der Waals surface area contributed by atoms with Gasteiger partial charge in [0, 0.05) is 26.7 Å². The quantitative estimate of drug-likeness (QED) is 0.742. The lowest BCUT2D eigenvalue weighted by atomic mass is 10.2. The third kappa shape index (κ3) is 1.97. The Morgan fingerprint density at radius 1 is 1.47 bits per heavy atom. The van der Waals surface area contributed by atoms with Gasteiger partial charge in [-0.3, -0.25) is 0 Å². The summed E-state index contributed by atoms with van der Waals surface area (Å²) in [6.07, 6.45) is -0.457. The molecule has 0 aliphatic carbocycles. The minimum absolute atomic E-state index is 0.306. The Morgan fingerprint density at radius 2 is 2.20 bits per heavy atom. The van der Waals surface area contributed by atoms with E-state index in [4.69, 9.17) is 5.73 Å². The van der Waals surface area contributed by atoms with Gasteiger partial charge in [0.15, 0.2) is 0 Å². The van der Waals surface area contributed by atoms with Gasteiger partial charge >= 0.3 is 0 Å². The van der Waals surface area contributed by atoms with Crippen molar-refractivity contribution in [3.8, 4) is 0 Å². The number of aliphatic hydroxyl groups excluding tert-OH is 1. The van der Waals surface area contributed by atoms with Crippen molar-refractivity contribution in [3.05, 3.63) is 29.8 Å². The Hall–Kier alpha value is -1.10. The van der Waals surface area contributed by atoms with Crippen molar-refractivity contribution in [2.45, 2.75) is 12.6 Å². The molecular weight excluding hydrogens is 190 g/mol. The Bertz CT molecular complexity index is 342. The summed E-state index contributed by atoms with van der Waals surface area (Å²) in [6, 6.07) is 8.26. The van der Waals surface area contributed by atoms with E-state index in [0.29, 0.717) is 13.1 Å². The number of fused-ring (bicyclic) bond motifs is 1. The van der Waals surface area contributed by atoms with Crippen LogP contribution in [-0.2, 0) is 6.54 Å². The largest absolute Gasteiger partial charge is 0.390 e. The monoisotopic (exact) mass is 207 g/mol. The van der Waals surface area contributed by atoms with Crippen LogP contribution in [0.4, 0.5) is 5.69 Å². The van der Waals surface area contributed by atoms with Crippen LogP contribution in [0.1, 0.15) is 5.56 Å². The van der Waals surface area contributed by atoms with Crippen LogP contribution in [0.25, 0.3) is 0 Å². The van der Waals surface area contributed by atoms with Crippen LogP contribution >= 0.6 is 0 Å². The first-order chi connectivity index (χ1) is 7.22. The van der Waals surface area contributed by atoms with Gasteiger partial charge in [-0.25, -0.2) is 5.01 Å². The molecule has 15 heavy (non-hydrogen) atoms. The minimum Gasteiger partial charge on any atom is -0.390 e. The van der Waals surface area contributed by atoms with Crippen LogP contribution in [0.3, 0.4) is 0 Å². The van der Waals surface area contributed by atoms with Crippen LogP contribution in [0.15, 0.2) is 24.3 Å². The summed E-state index contributed by atoms with van der Waals surface area (Å²) in [7, 11) is 2.01. The third-order valence-electron chi connectivity index (χ3n) is 2.81. The Labute approximate surface area is 89.9 Å². The van der Waals surface area contributed by atoms with E-state index in [0.717, 1.165) is 6.54 Å². The van der Waals surface area contributed by atoms with Gasteiger partial charge < -0.3 is 15.8 Å². The van der Waals surface area contributed by atoms with Crippen LogP contribution in [0.5, 0.6) is 0 Å². The van der Waals surface area contributed by atoms with E-state index in [1.54, 1.807) is 0 Å². The van der Waals surface area contributed by atoms with Crippen molar-refractivity contribution in [2.24, 2.45) is 5.73 Å². The Morgan fingerprint density at radius 3 is 2.87 bits per heavy atom. The van der Waals surface area contributed by atoms with Crippen LogP contribution in [-0.4, -0.2) is 36.4 Å². The molecule has 3 N–H and O–H groups in total. The van der Waals surface area contributed by atoms with Crippen molar-refractivity contribution in [1.29, 1.82) is 0 Å². The Balaban J connectivity index is 2.10. The molecule has 0 saturated carbocycles. The van der Waals surface area contributed by atoms with Gasteiger partial charge in [-0.15, -0.1) is 0 Å². The van der Waals surface area contributed by atoms with Gasteiger partial charge in [0.2, 0.25) is 0 Å². The summed E-state index contributed by atoms with van der Waals surface area (Å²) < 4.78 is 0. The Kier molecular flexibility index (Phi) is 2.90. The molecule has 4 heteroatoms. The second kappa shape index (κ2) is 4.18. The topological polar surface area (TPSA) is 52.7 Å². The maximum Gasteiger partial charge on any atom is 0.0807 e. The molecular formula is C11H17N3O. The number of anilines is 1. The predicted molar refractivity (Wildman–Crippen MR) is 60.3 cm³/mol. The summed E-state index contributed by atoms with van der Waals surface area (Å²) in [4.78, 5) is 0. The van der Waals surface area contributed by atoms with E-state index in [1.807, 2.05) is 19.2 Å². The number of hydrazine groups is 1. The summed E-state index contributed by atoms with van der Waals surface area (Å²) >= 11 is 0. The van der Waals surface area contributed by atoms with Gasteiger partial charge in [-0.2, -0.15) is 0 Å². The molecule has 0 aromatic heterocycles. The van der Waals surface area contributed by atoms with Crippen LogP contribution in [0, 0.1) is 0 Å². The predicted octanol–water partition coefficient (Wildman–Crippen LogP) is 0.173. The minimum atomic E-state index is -0.457. The van der Waals surface area contributed by atoms with E-state index in [1.165, 1.54) is 11.3 Å². The summed E-state index contributed by atoms with van der Waals surface area (Å²) in [6.45, 7) is 1.74. The number of hydrogen-bond acceptors (Lipinski definition) is 4. The molecule has 0 fully saturated rings. The van der Waals surface area contributed by atoms with Crippen molar-refractivity contribution in [3.63, 3.8) is 0 Å². The van der Waals surface area contributed by atoms with Gasteiger partial charge in [0.25, 0.3) is 0 Å². The maximum absolute atomic E-state index is 9.52. The highest BCUT2D eigenvalue weighted by molar-refractivity contribution is 5.55. The lowest BCUT2D eigenvalue weighted by molar-refractivity contribution is 0.117. The average Bonchev–Trinajstić information content (AvgIpc) is 2.57. The van der Waals surface area contributed by atoms with Crippen molar-refractivity contribution in [2.75, 3.05) is 25.1 Å². The summed E-state index contributed by atoms with van der Waals surface area (Å²) in [5, 5.41) is 13.7. The van der Waals surface area contributed by atoms with E-state index < -0.39 is 6.10 Å². The third-order valence-corrected chi connectivity index (χ3v) is 2.81. The van der Waals surface area contributed by atoms with Crippen LogP contribution in [0.2, 0.25) is 0 Å². The molecule has 0 spiro atoms. The van der Waals surface area contributed by atoms with E-state index in [-0.39, 0.29) is 0 Å². The van der Waals surface area contributed by atoms with Gasteiger partial charge in [-0.1, -0.05) is 18.2 Å². The SMILES string of the molecule is CN1c2ccccc2CN1C[C@H](O)CN. The maximum atomic E-state index is 9.52. The molecule has 0 saturated heterocycles. The molecule has 4 nitrogen and oxygen atoms in total. The summed E-state index contributed by atoms with van der Waals surface area (Å²) in [5.74, 6) is 0. The number of para-hydroxylation sites is 1. The second-order valence-corrected chi connectivity index (χ2v) is 3.89. The normalized spacial score (nSPS) is 17.9. The smallest absolute Gasteiger partial charge is 0.0807 e. The molecule has 1 heterocycles. The fourth-order valence-corrected chi connectivity index (χ4v) is 1.92. The van der Waals surface area contributed by atoms with E-state index in [2.05, 4.69) is 22.2 Å². The first kappa shape index (κ1) is 10.4. The highest BCUT2D eigenvalue weighted by Crippen LogP contribution is 2.29. The van der Waals surface area contributed by atoms with Crippen molar-refractivity contribution >= 4 is 5.69 Å². The van der Waals surface area contributed by atoms with E-state index >= 15 is 0 Å². The van der Waals surface area contributed by atoms with Crippen molar-refractivity contribution in [1.82, 2.24) is 5.01 Å². The molecule has 0 unspecified atom stereocenters. The molecule has 0 bridgehead atoms. The number of benzene rings is 1. The lowest BCUT2D eigenvalue weighted by Gasteiger charge is -2.27. The fourth-order valence-electron chi connectivity index (χ4n) is 1.92. The molecule has 1 aromatic carbocycles. The first-order valence-corrected chi connectivity index (χ1v) is 5.17. The highest BCUT2D eigenvalue weighted by Gasteiger charge is 2.24. The average molecular weight is 207 g/mol. The number of aliphatic hydroxyl groups is 1. The zero-order chi connectivity index (χ0) is 10.8. The molecule has 0 radical (unpaired) electrons. The van der Waals surface area contributed by atoms with Gasteiger partial charge in [-0.05, 0) is 11.6 Å². The molecule has 1 aliphatic rings.